The Bertz CT molecular complexity index is 1330. The zero-order chi connectivity index (χ0) is 24.6. The van der Waals surface area contributed by atoms with Gasteiger partial charge in [-0.15, -0.1) is 5.06 Å². The number of β-amino-alcohol motifs (C(OH)–C–C–N with tert-alkyl or cyclic N) is 1. The normalized spacial score (nSPS) is 16.0. The number of carbonyl (C=O) groups is 5. The Balaban J connectivity index is 1.54. The monoisotopic (exact) mass is 469 g/mol. The van der Waals surface area contributed by atoms with E-state index in [0.717, 1.165) is 11.0 Å². The summed E-state index contributed by atoms with van der Waals surface area (Å²) in [5.74, 6) is -3.37. The summed E-state index contributed by atoms with van der Waals surface area (Å²) >= 11 is 0. The minimum absolute atomic E-state index is 0.00208. The highest BCUT2D eigenvalue weighted by molar-refractivity contribution is 6.17. The number of amides is 4. The van der Waals surface area contributed by atoms with Crippen molar-refractivity contribution in [2.45, 2.75) is 26.2 Å². The molecule has 12 nitrogen and oxygen atoms in total. The molecule has 1 saturated heterocycles. The van der Waals surface area contributed by atoms with E-state index in [2.05, 4.69) is 5.32 Å². The number of aryl methyl sites for hydroxylation is 1. The van der Waals surface area contributed by atoms with Crippen LogP contribution >= 0.6 is 0 Å². The molecule has 1 aromatic heterocycles. The number of nitrogens with one attached hydrogen (secondary N) is 1. The molecule has 1 fully saturated rings. The van der Waals surface area contributed by atoms with Gasteiger partial charge in [0.1, 0.15) is 11.3 Å². The molecule has 4 rings (SSSR count). The van der Waals surface area contributed by atoms with E-state index in [1.807, 2.05) is 0 Å². The summed E-state index contributed by atoms with van der Waals surface area (Å²) in [5, 5.41) is 12.7. The third-order valence-electron chi connectivity index (χ3n) is 5.42. The Labute approximate surface area is 191 Å². The van der Waals surface area contributed by atoms with Crippen LogP contribution in [0.4, 0.5) is 5.69 Å². The Kier molecular flexibility index (Phi) is 5.99. The van der Waals surface area contributed by atoms with Gasteiger partial charge in [-0.3, -0.25) is 24.1 Å². The molecule has 34 heavy (non-hydrogen) atoms. The average molecular weight is 469 g/mol. The number of aliphatic hydroxyl groups is 1. The lowest BCUT2D eigenvalue weighted by atomic mass is 10.0. The average Bonchev–Trinajstić information content (AvgIpc) is 3.24. The molecule has 2 N–H and O–H groups in total. The molecule has 2 aliphatic heterocycles. The van der Waals surface area contributed by atoms with Gasteiger partial charge in [0.25, 0.3) is 23.6 Å². The van der Waals surface area contributed by atoms with Crippen LogP contribution in [-0.4, -0.2) is 57.8 Å². The highest BCUT2D eigenvalue weighted by atomic mass is 16.7. The van der Waals surface area contributed by atoms with Gasteiger partial charge in [0.15, 0.2) is 0 Å². The van der Waals surface area contributed by atoms with E-state index in [0.29, 0.717) is 21.7 Å². The van der Waals surface area contributed by atoms with Crippen LogP contribution in [-0.2, 0) is 35.2 Å². The molecule has 1 aromatic carbocycles. The third kappa shape index (κ3) is 4.18. The smallest absolute Gasteiger partial charge is 0.340 e. The first kappa shape index (κ1) is 22.9. The summed E-state index contributed by atoms with van der Waals surface area (Å²) < 4.78 is 5.33. The van der Waals surface area contributed by atoms with Crippen molar-refractivity contribution in [3.63, 3.8) is 0 Å². The Morgan fingerprint density at radius 1 is 1.15 bits per heavy atom. The standard InChI is InChI=1S/C22H19N3O9/c1-11-13-3-2-12(23-15-10-19(29)24(6-7-26)21(15)31)8-16(13)33-22(32)14(11)9-20(30)34-25-17(27)4-5-18(25)28/h2-3,8,10,23,26H,4-7,9H2,1H3. The van der Waals surface area contributed by atoms with Crippen LogP contribution < -0.4 is 10.9 Å². The number of nitrogens with zero attached hydrogens (tertiary/aromatic N) is 2. The zero-order valence-electron chi connectivity index (χ0n) is 18.0. The molecule has 12 heteroatoms. The predicted octanol–water partition coefficient (Wildman–Crippen LogP) is -0.0920. The van der Waals surface area contributed by atoms with E-state index in [9.17, 15) is 28.8 Å². The summed E-state index contributed by atoms with van der Waals surface area (Å²) in [7, 11) is 0. The lowest BCUT2D eigenvalue weighted by molar-refractivity contribution is -0.197. The SMILES string of the molecule is Cc1c(CC(=O)ON2C(=O)CCC2=O)c(=O)oc2cc(NC3=CC(=O)N(CCO)C3=O)ccc12. The highest BCUT2D eigenvalue weighted by Crippen LogP contribution is 2.25. The van der Waals surface area contributed by atoms with Gasteiger partial charge >= 0.3 is 11.6 Å². The van der Waals surface area contributed by atoms with Crippen molar-refractivity contribution in [1.82, 2.24) is 9.96 Å². The lowest BCUT2D eigenvalue weighted by Crippen LogP contribution is -2.34. The molecule has 0 bridgehead atoms. The topological polar surface area (TPSA) is 164 Å². The number of imide groups is 2. The maximum atomic E-state index is 12.5. The first-order valence-corrected chi connectivity index (χ1v) is 10.3. The minimum Gasteiger partial charge on any atom is -0.422 e. The van der Waals surface area contributed by atoms with Crippen LogP contribution in [0.5, 0.6) is 0 Å². The number of benzene rings is 1. The van der Waals surface area contributed by atoms with E-state index in [1.54, 1.807) is 19.1 Å². The van der Waals surface area contributed by atoms with Gasteiger partial charge in [-0.1, -0.05) is 0 Å². The van der Waals surface area contributed by atoms with Gasteiger partial charge in [-0.05, 0) is 24.6 Å². The predicted molar refractivity (Wildman–Crippen MR) is 114 cm³/mol. The van der Waals surface area contributed by atoms with Crippen LogP contribution in [0, 0.1) is 6.92 Å². The summed E-state index contributed by atoms with van der Waals surface area (Å²) in [6, 6.07) is 4.65. The van der Waals surface area contributed by atoms with Gasteiger partial charge in [0, 0.05) is 36.1 Å². The van der Waals surface area contributed by atoms with Gasteiger partial charge in [-0.25, -0.2) is 9.59 Å². The van der Waals surface area contributed by atoms with Gasteiger partial charge < -0.3 is 19.7 Å². The molecule has 0 aliphatic carbocycles. The van der Waals surface area contributed by atoms with Crippen LogP contribution in [0.3, 0.4) is 0 Å². The quantitative estimate of drug-likeness (QED) is 0.414. The van der Waals surface area contributed by atoms with E-state index >= 15 is 0 Å². The summed E-state index contributed by atoms with van der Waals surface area (Å²) in [4.78, 5) is 77.9. The third-order valence-corrected chi connectivity index (χ3v) is 5.42. The Hall–Kier alpha value is -4.32. The molecule has 176 valence electrons. The molecular weight excluding hydrogens is 450 g/mol. The Morgan fingerprint density at radius 2 is 1.85 bits per heavy atom. The van der Waals surface area contributed by atoms with Crippen molar-refractivity contribution in [1.29, 1.82) is 0 Å². The zero-order valence-corrected chi connectivity index (χ0v) is 18.0. The number of hydrogen-bond acceptors (Lipinski definition) is 10. The van der Waals surface area contributed by atoms with Gasteiger partial charge in [0.2, 0.25) is 0 Å². The van der Waals surface area contributed by atoms with Crippen LogP contribution in [0.1, 0.15) is 24.0 Å². The molecule has 0 unspecified atom stereocenters. The second-order valence-electron chi connectivity index (χ2n) is 7.63. The maximum absolute atomic E-state index is 12.5. The van der Waals surface area contributed by atoms with E-state index in [1.165, 1.54) is 6.07 Å². The van der Waals surface area contributed by atoms with E-state index in [-0.39, 0.29) is 42.8 Å². The van der Waals surface area contributed by atoms with Crippen molar-refractivity contribution in [3.05, 3.63) is 51.5 Å². The molecule has 0 radical (unpaired) electrons. The molecule has 2 aromatic rings. The second-order valence-corrected chi connectivity index (χ2v) is 7.63. The van der Waals surface area contributed by atoms with Crippen LogP contribution in [0.25, 0.3) is 11.0 Å². The van der Waals surface area contributed by atoms with Crippen molar-refractivity contribution in [2.24, 2.45) is 0 Å². The number of fused-ring (bicyclic) bond motifs is 1. The molecule has 0 saturated carbocycles. The summed E-state index contributed by atoms with van der Waals surface area (Å²) in [6.07, 6.45) is 0.505. The summed E-state index contributed by atoms with van der Waals surface area (Å²) in [6.45, 7) is 1.12. The van der Waals surface area contributed by atoms with Gasteiger partial charge in [0.05, 0.1) is 25.1 Å². The number of hydrogen-bond donors (Lipinski definition) is 2. The molecular formula is C22H19N3O9. The summed E-state index contributed by atoms with van der Waals surface area (Å²) in [5.41, 5.74) is 0.178. The fourth-order valence-electron chi connectivity index (χ4n) is 3.68. The second kappa shape index (κ2) is 8.90. The molecule has 2 aliphatic rings. The Morgan fingerprint density at radius 3 is 2.53 bits per heavy atom. The van der Waals surface area contributed by atoms with Crippen LogP contribution in [0.15, 0.2) is 39.2 Å². The van der Waals surface area contributed by atoms with Crippen LogP contribution in [0.2, 0.25) is 0 Å². The van der Waals surface area contributed by atoms with E-state index in [4.69, 9.17) is 14.4 Å². The first-order valence-electron chi connectivity index (χ1n) is 10.3. The lowest BCUT2D eigenvalue weighted by Gasteiger charge is -2.14. The van der Waals surface area contributed by atoms with Crippen molar-refractivity contribution in [2.75, 3.05) is 18.5 Å². The largest absolute Gasteiger partial charge is 0.422 e. The van der Waals surface area contributed by atoms with Crippen molar-refractivity contribution in [3.8, 4) is 0 Å². The fraction of sp³-hybridized carbons (Fsp3) is 0.273. The molecule has 0 atom stereocenters. The van der Waals surface area contributed by atoms with Crippen molar-refractivity contribution >= 4 is 46.3 Å². The number of aliphatic hydroxyl groups excluding tert-OH is 1. The highest BCUT2D eigenvalue weighted by Gasteiger charge is 2.33. The molecule has 3 heterocycles. The molecule has 4 amide bonds. The maximum Gasteiger partial charge on any atom is 0.340 e. The van der Waals surface area contributed by atoms with E-state index < -0.39 is 41.6 Å². The number of rotatable bonds is 7. The first-order chi connectivity index (χ1) is 16.2. The molecule has 0 spiro atoms. The van der Waals surface area contributed by atoms with Crippen molar-refractivity contribution < 1.29 is 38.3 Å². The van der Waals surface area contributed by atoms with Gasteiger partial charge in [-0.2, -0.15) is 0 Å². The number of anilines is 1. The minimum atomic E-state index is -0.958. The number of hydroxylamine groups is 2. The fourth-order valence-corrected chi connectivity index (χ4v) is 3.68. The number of carbonyl (C=O) groups excluding carboxylic acids is 5.